The van der Waals surface area contributed by atoms with Gasteiger partial charge in [0.25, 0.3) is 0 Å². The maximum Gasteiger partial charge on any atom is 0.614 e. The molecule has 0 amide bonds. The Morgan fingerprint density at radius 3 is 0.923 bits per heavy atom. The van der Waals surface area contributed by atoms with Gasteiger partial charge in [0.2, 0.25) is 0 Å². The van der Waals surface area contributed by atoms with Crippen molar-refractivity contribution in [3.8, 4) is 0 Å². The van der Waals surface area contributed by atoms with Gasteiger partial charge in [0.05, 0.1) is 16.8 Å². The lowest BCUT2D eigenvalue weighted by molar-refractivity contribution is -0.0854. The topological polar surface area (TPSA) is 37.4 Å². The van der Waals surface area contributed by atoms with Crippen molar-refractivity contribution in [1.29, 1.82) is 0 Å². The molecule has 0 aliphatic heterocycles. The molecule has 0 N–H and O–H groups in total. The van der Waals surface area contributed by atoms with Crippen LogP contribution in [0, 0.1) is 0 Å². The largest absolute Gasteiger partial charge is 0.614 e. The van der Waals surface area contributed by atoms with Crippen molar-refractivity contribution in [3.63, 3.8) is 0 Å². The van der Waals surface area contributed by atoms with Gasteiger partial charge in [-0.2, -0.15) is 0 Å². The first-order valence-corrected chi connectivity index (χ1v) is 11.8. The van der Waals surface area contributed by atoms with Gasteiger partial charge < -0.3 is 28.0 Å². The first-order chi connectivity index (χ1) is 11.4. The Balaban J connectivity index is 5.56. The van der Waals surface area contributed by atoms with Gasteiger partial charge >= 0.3 is 8.11 Å². The normalized spacial score (nSPS) is 14.8. The van der Waals surface area contributed by atoms with Gasteiger partial charge in [-0.05, 0) is 83.8 Å². The summed E-state index contributed by atoms with van der Waals surface area (Å²) >= 11 is 6.96. The van der Waals surface area contributed by atoms with Crippen LogP contribution >= 0.6 is 11.1 Å². The van der Waals surface area contributed by atoms with Crippen molar-refractivity contribution in [2.24, 2.45) is 0 Å². The summed E-state index contributed by atoms with van der Waals surface area (Å²) in [5.74, 6) is 0. The zero-order valence-corrected chi connectivity index (χ0v) is 20.8. The third-order valence-electron chi connectivity index (χ3n) is 3.29. The van der Waals surface area contributed by atoms with Crippen LogP contribution in [0.5, 0.6) is 0 Å². The van der Waals surface area contributed by atoms with E-state index in [2.05, 4.69) is 14.7 Å². The number of rotatable bonds is 12. The van der Waals surface area contributed by atoms with Crippen LogP contribution in [0.2, 0.25) is 0 Å². The van der Waals surface area contributed by atoms with Crippen molar-refractivity contribution in [2.45, 2.75) is 58.3 Å². The van der Waals surface area contributed by atoms with Crippen molar-refractivity contribution in [1.82, 2.24) is 14.7 Å². The van der Waals surface area contributed by atoms with E-state index in [1.807, 2.05) is 83.8 Å². The van der Waals surface area contributed by atoms with Gasteiger partial charge in [-0.25, -0.2) is 0 Å². The molecule has 6 nitrogen and oxygen atoms in total. The second-order valence-corrected chi connectivity index (χ2v) is 12.7. The molecule has 0 saturated carbocycles. The van der Waals surface area contributed by atoms with Crippen LogP contribution in [-0.2, 0) is 13.3 Å². The number of halogens is 1. The molecule has 0 spiro atoms. The summed E-state index contributed by atoms with van der Waals surface area (Å²) in [6.45, 7) is 14.2. The van der Waals surface area contributed by atoms with Crippen molar-refractivity contribution >= 4 is 19.2 Å². The van der Waals surface area contributed by atoms with Gasteiger partial charge in [-0.15, -0.1) is 0 Å². The summed E-state index contributed by atoms with van der Waals surface area (Å²) in [6.07, 6.45) is 0. The Hall–Kier alpha value is 0.267. The molecule has 0 aromatic rings. The molecule has 0 radical (unpaired) electrons. The van der Waals surface area contributed by atoms with Crippen LogP contribution in [0.4, 0.5) is 0 Å². The highest BCUT2D eigenvalue weighted by Crippen LogP contribution is 2.32. The highest BCUT2D eigenvalue weighted by Gasteiger charge is 2.52. The second kappa shape index (κ2) is 9.65. The molecular formula is C18H42ClN3O3Si. The summed E-state index contributed by atoms with van der Waals surface area (Å²) < 4.78 is 19.1. The molecule has 0 rings (SSSR count). The smallest absolute Gasteiger partial charge is 0.355 e. The minimum atomic E-state index is -3.46. The third-order valence-corrected chi connectivity index (χ3v) is 6.37. The van der Waals surface area contributed by atoms with Crippen LogP contribution in [0.1, 0.15) is 41.5 Å². The lowest BCUT2D eigenvalue weighted by atomic mass is 10.1. The first kappa shape index (κ1) is 26.3. The summed E-state index contributed by atoms with van der Waals surface area (Å²) in [5.41, 5.74) is -1.50. The van der Waals surface area contributed by atoms with Gasteiger partial charge in [0.1, 0.15) is 0 Å². The zero-order valence-electron chi connectivity index (χ0n) is 19.1. The van der Waals surface area contributed by atoms with Crippen molar-refractivity contribution in [3.05, 3.63) is 0 Å². The van der Waals surface area contributed by atoms with E-state index in [0.29, 0.717) is 19.6 Å². The highest BCUT2D eigenvalue weighted by molar-refractivity contribution is 7.09. The van der Waals surface area contributed by atoms with E-state index < -0.39 is 24.9 Å². The molecule has 0 aliphatic rings. The van der Waals surface area contributed by atoms with E-state index in [4.69, 9.17) is 24.4 Å². The van der Waals surface area contributed by atoms with Gasteiger partial charge in [-0.1, -0.05) is 11.1 Å². The Morgan fingerprint density at radius 2 is 0.769 bits per heavy atom. The number of hydrogen-bond acceptors (Lipinski definition) is 6. The SMILES string of the molecule is CN(C)CC(C)(C)O[Si](Cl)(OC(C)(C)CN(C)C)OC(C)(C)CN(C)C. The molecular weight excluding hydrogens is 370 g/mol. The Labute approximate surface area is 167 Å². The summed E-state index contributed by atoms with van der Waals surface area (Å²) in [6, 6.07) is 0. The molecule has 0 aromatic heterocycles. The molecule has 8 heteroatoms. The maximum atomic E-state index is 6.96. The predicted octanol–water partition coefficient (Wildman–Crippen LogP) is 2.73. The van der Waals surface area contributed by atoms with Crippen molar-refractivity contribution < 1.29 is 13.3 Å². The maximum absolute atomic E-state index is 6.96. The average molecular weight is 412 g/mol. The summed E-state index contributed by atoms with van der Waals surface area (Å²) in [4.78, 5) is 6.21. The minimum Gasteiger partial charge on any atom is -0.355 e. The fourth-order valence-electron chi connectivity index (χ4n) is 3.43. The quantitative estimate of drug-likeness (QED) is 0.363. The fraction of sp³-hybridized carbons (Fsp3) is 1.00. The van der Waals surface area contributed by atoms with Gasteiger partial charge in [-0.3, -0.25) is 0 Å². The first-order valence-electron chi connectivity index (χ1n) is 9.11. The third kappa shape index (κ3) is 11.9. The summed E-state index contributed by atoms with van der Waals surface area (Å²) in [7, 11) is 8.60. The Morgan fingerprint density at radius 1 is 0.577 bits per heavy atom. The van der Waals surface area contributed by atoms with Gasteiger partial charge in [0.15, 0.2) is 0 Å². The standard InChI is InChI=1S/C18H42ClN3O3Si/c1-16(2,13-20(7)8)23-26(19,24-17(3,4)14-21(9)10)25-18(5,6)15-22(11)12/h13-15H2,1-12H3. The van der Waals surface area contributed by atoms with Crippen LogP contribution in [0.15, 0.2) is 0 Å². The monoisotopic (exact) mass is 411 g/mol. The lowest BCUT2D eigenvalue weighted by Gasteiger charge is -2.43. The fourth-order valence-corrected chi connectivity index (χ4v) is 7.61. The summed E-state index contributed by atoms with van der Waals surface area (Å²) in [5, 5.41) is 0. The molecule has 0 saturated heterocycles. The van der Waals surface area contributed by atoms with Crippen LogP contribution < -0.4 is 0 Å². The Kier molecular flexibility index (Phi) is 9.75. The number of hydrogen-bond donors (Lipinski definition) is 0. The molecule has 0 fully saturated rings. The van der Waals surface area contributed by atoms with E-state index in [0.717, 1.165) is 0 Å². The number of likely N-dealkylation sites (N-methyl/N-ethyl adjacent to an activating group) is 3. The molecule has 0 bridgehead atoms. The molecule has 26 heavy (non-hydrogen) atoms. The lowest BCUT2D eigenvalue weighted by Crippen LogP contribution is -2.59. The molecule has 0 heterocycles. The van der Waals surface area contributed by atoms with E-state index in [9.17, 15) is 0 Å². The average Bonchev–Trinajstić information content (AvgIpc) is 2.16. The van der Waals surface area contributed by atoms with E-state index in [1.165, 1.54) is 0 Å². The second-order valence-electron chi connectivity index (χ2n) is 9.78. The molecule has 0 aliphatic carbocycles. The Bertz CT molecular complexity index is 370. The van der Waals surface area contributed by atoms with E-state index in [1.54, 1.807) is 0 Å². The molecule has 158 valence electrons. The van der Waals surface area contributed by atoms with E-state index >= 15 is 0 Å². The molecule has 0 atom stereocenters. The zero-order chi connectivity index (χ0) is 21.0. The van der Waals surface area contributed by atoms with Crippen LogP contribution in [0.3, 0.4) is 0 Å². The van der Waals surface area contributed by atoms with Gasteiger partial charge in [0, 0.05) is 19.6 Å². The van der Waals surface area contributed by atoms with Crippen molar-refractivity contribution in [2.75, 3.05) is 61.9 Å². The predicted molar refractivity (Wildman–Crippen MR) is 113 cm³/mol. The van der Waals surface area contributed by atoms with Crippen LogP contribution in [-0.4, -0.2) is 102 Å². The van der Waals surface area contributed by atoms with Crippen LogP contribution in [0.25, 0.3) is 0 Å². The highest BCUT2D eigenvalue weighted by atomic mass is 35.6. The molecule has 0 unspecified atom stereocenters. The minimum absolute atomic E-state index is 0.500. The van der Waals surface area contributed by atoms with E-state index in [-0.39, 0.29) is 0 Å². The molecule has 0 aromatic carbocycles. The number of nitrogens with zero attached hydrogens (tertiary/aromatic N) is 3.